The van der Waals surface area contributed by atoms with Gasteiger partial charge in [0.15, 0.2) is 0 Å². The number of rotatable bonds is 2. The Morgan fingerprint density at radius 3 is 0.969 bits per heavy atom. The normalized spacial score (nSPS) is 22.5. The van der Waals surface area contributed by atoms with Crippen LogP contribution in [0.2, 0.25) is 0 Å². The van der Waals surface area contributed by atoms with Crippen LogP contribution in [0.1, 0.15) is 81.1 Å². The Morgan fingerprint density at radius 2 is 0.875 bits per heavy atom. The summed E-state index contributed by atoms with van der Waals surface area (Å²) in [6.07, 6.45) is 29.3. The molecule has 2 aliphatic rings. The molecule has 0 aliphatic heterocycles. The van der Waals surface area contributed by atoms with Gasteiger partial charge in [-0.15, -0.1) is 13.2 Å². The average molecular weight is 441 g/mol. The molecular weight excluding hydrogens is 384 g/mol. The summed E-state index contributed by atoms with van der Waals surface area (Å²) >= 11 is 0. The summed E-state index contributed by atoms with van der Waals surface area (Å²) in [7, 11) is 0. The zero-order valence-corrected chi connectivity index (χ0v) is 22.9. The van der Waals surface area contributed by atoms with E-state index in [2.05, 4.69) is 78.3 Å². The van der Waals surface area contributed by atoms with Crippen LogP contribution in [0, 0.1) is 23.7 Å². The lowest BCUT2D eigenvalue weighted by Crippen LogP contribution is -2.07. The van der Waals surface area contributed by atoms with Gasteiger partial charge in [0, 0.05) is 0 Å². The van der Waals surface area contributed by atoms with Crippen molar-refractivity contribution in [1.29, 1.82) is 0 Å². The molecule has 2 aliphatic carbocycles. The lowest BCUT2D eigenvalue weighted by molar-refractivity contribution is 0.413. The summed E-state index contributed by atoms with van der Waals surface area (Å²) in [6.45, 7) is 30.6. The van der Waals surface area contributed by atoms with Crippen molar-refractivity contribution < 1.29 is 0 Å². The van der Waals surface area contributed by atoms with E-state index in [1.54, 1.807) is 24.3 Å². The molecule has 32 heavy (non-hydrogen) atoms. The third-order valence-corrected chi connectivity index (χ3v) is 4.91. The molecule has 0 heterocycles. The Hall–Kier alpha value is -2.08. The standard InChI is InChI=1S/2C8H14.2C5H8.2C3H6/c2*1-7-5-3-4-6-8(7)2;2*1-3-5-4-2;2*1-3-2/h2*3,5,7-8H,4,6H2,1-2H3;2*3-5H,1H2,2H3;2*3H,1H2,2H3/b;;2*5-4+;;. The highest BCUT2D eigenvalue weighted by Gasteiger charge is 2.11. The molecule has 184 valence electrons. The lowest BCUT2D eigenvalue weighted by atomic mass is 9.87. The van der Waals surface area contributed by atoms with Crippen molar-refractivity contribution in [3.63, 3.8) is 0 Å². The first-order valence-corrected chi connectivity index (χ1v) is 12.2. The van der Waals surface area contributed by atoms with E-state index in [0.717, 1.165) is 23.7 Å². The van der Waals surface area contributed by atoms with E-state index < -0.39 is 0 Å². The quantitative estimate of drug-likeness (QED) is 0.296. The Bertz CT molecular complexity index is 464. The van der Waals surface area contributed by atoms with Crippen molar-refractivity contribution in [2.75, 3.05) is 0 Å². The SMILES string of the molecule is C=C/C=C/C.C=C/C=C/C.C=CC.C=CC.CC1C=CCCC1C.CC1C=CCCC1C. The van der Waals surface area contributed by atoms with Gasteiger partial charge in [0.1, 0.15) is 0 Å². The Kier molecular flexibility index (Phi) is 39.1. The van der Waals surface area contributed by atoms with Crippen molar-refractivity contribution >= 4 is 0 Å². The molecule has 0 bridgehead atoms. The summed E-state index contributed by atoms with van der Waals surface area (Å²) in [5.41, 5.74) is 0. The first kappa shape index (κ1) is 37.2. The molecule has 4 unspecified atom stereocenters. The molecule has 0 saturated carbocycles. The molecule has 0 spiro atoms. The van der Waals surface area contributed by atoms with Gasteiger partial charge in [-0.2, -0.15) is 0 Å². The molecule has 0 aromatic carbocycles. The van der Waals surface area contributed by atoms with Crippen LogP contribution in [0.3, 0.4) is 0 Å². The molecule has 0 heteroatoms. The van der Waals surface area contributed by atoms with Gasteiger partial charge in [-0.1, -0.05) is 114 Å². The molecule has 4 atom stereocenters. The average Bonchev–Trinajstić information content (AvgIpc) is 2.76. The summed E-state index contributed by atoms with van der Waals surface area (Å²) in [5.74, 6) is 3.48. The zero-order valence-electron chi connectivity index (χ0n) is 22.9. The summed E-state index contributed by atoms with van der Waals surface area (Å²) < 4.78 is 0. The van der Waals surface area contributed by atoms with Gasteiger partial charge in [-0.25, -0.2) is 0 Å². The van der Waals surface area contributed by atoms with Crippen molar-refractivity contribution in [2.24, 2.45) is 23.7 Å². The van der Waals surface area contributed by atoms with Crippen LogP contribution in [0.25, 0.3) is 0 Å². The van der Waals surface area contributed by atoms with Gasteiger partial charge in [-0.05, 0) is 77.0 Å². The van der Waals surface area contributed by atoms with E-state index in [0.29, 0.717) is 0 Å². The monoisotopic (exact) mass is 440 g/mol. The molecule has 0 saturated heterocycles. The van der Waals surface area contributed by atoms with Crippen LogP contribution < -0.4 is 0 Å². The second-order valence-corrected chi connectivity index (χ2v) is 8.02. The van der Waals surface area contributed by atoms with Crippen LogP contribution in [0.15, 0.2) is 99.2 Å². The first-order chi connectivity index (χ1) is 15.3. The molecule has 0 N–H and O–H groups in total. The molecule has 0 nitrogen and oxygen atoms in total. The van der Waals surface area contributed by atoms with Gasteiger partial charge < -0.3 is 0 Å². The third kappa shape index (κ3) is 35.4. The fourth-order valence-electron chi connectivity index (χ4n) is 2.52. The Balaban J connectivity index is -0.000000154. The Labute approximate surface area is 204 Å². The number of allylic oxidation sites excluding steroid dienone is 12. The molecule has 0 amide bonds. The molecule has 0 aromatic heterocycles. The minimum atomic E-state index is 0.823. The molecule has 0 aromatic rings. The predicted octanol–water partition coefficient (Wildman–Crippen LogP) is 11.1. The van der Waals surface area contributed by atoms with E-state index in [9.17, 15) is 0 Å². The van der Waals surface area contributed by atoms with Crippen molar-refractivity contribution in [2.45, 2.75) is 81.1 Å². The van der Waals surface area contributed by atoms with E-state index in [4.69, 9.17) is 0 Å². The molecule has 2 rings (SSSR count). The topological polar surface area (TPSA) is 0 Å². The van der Waals surface area contributed by atoms with Crippen LogP contribution in [-0.4, -0.2) is 0 Å². The fourth-order valence-corrected chi connectivity index (χ4v) is 2.52. The maximum atomic E-state index is 3.46. The molecule has 0 fully saturated rings. The highest BCUT2D eigenvalue weighted by molar-refractivity contribution is 4.95. The fraction of sp³-hybridized carbons (Fsp3) is 0.500. The largest absolute Gasteiger partial charge is 0.103 e. The minimum Gasteiger partial charge on any atom is -0.103 e. The third-order valence-electron chi connectivity index (χ3n) is 4.91. The van der Waals surface area contributed by atoms with E-state index in [1.807, 2.05) is 52.0 Å². The van der Waals surface area contributed by atoms with Gasteiger partial charge >= 0.3 is 0 Å². The molecule has 0 radical (unpaired) electrons. The highest BCUT2D eigenvalue weighted by atomic mass is 14.2. The van der Waals surface area contributed by atoms with Gasteiger partial charge in [0.25, 0.3) is 0 Å². The number of hydrogen-bond donors (Lipinski definition) is 0. The molecular formula is C32H56. The maximum absolute atomic E-state index is 3.46. The maximum Gasteiger partial charge on any atom is -0.0236 e. The van der Waals surface area contributed by atoms with Gasteiger partial charge in [0.05, 0.1) is 0 Å². The summed E-state index contributed by atoms with van der Waals surface area (Å²) in [5, 5.41) is 0. The van der Waals surface area contributed by atoms with Crippen LogP contribution in [0.5, 0.6) is 0 Å². The highest BCUT2D eigenvalue weighted by Crippen LogP contribution is 2.23. The second-order valence-electron chi connectivity index (χ2n) is 8.02. The zero-order chi connectivity index (χ0) is 25.6. The van der Waals surface area contributed by atoms with E-state index in [1.165, 1.54) is 25.7 Å². The minimum absolute atomic E-state index is 0.823. The summed E-state index contributed by atoms with van der Waals surface area (Å²) in [4.78, 5) is 0. The first-order valence-electron chi connectivity index (χ1n) is 12.2. The number of hydrogen-bond acceptors (Lipinski definition) is 0. The van der Waals surface area contributed by atoms with Gasteiger partial charge in [-0.3, -0.25) is 0 Å². The Morgan fingerprint density at radius 1 is 0.594 bits per heavy atom. The second kappa shape index (κ2) is 33.6. The van der Waals surface area contributed by atoms with Gasteiger partial charge in [0.2, 0.25) is 0 Å². The summed E-state index contributed by atoms with van der Waals surface area (Å²) in [6, 6.07) is 0. The van der Waals surface area contributed by atoms with Crippen LogP contribution in [0.4, 0.5) is 0 Å². The predicted molar refractivity (Wildman–Crippen MR) is 155 cm³/mol. The van der Waals surface area contributed by atoms with Crippen molar-refractivity contribution in [1.82, 2.24) is 0 Å². The van der Waals surface area contributed by atoms with Crippen molar-refractivity contribution in [3.8, 4) is 0 Å². The smallest absolute Gasteiger partial charge is 0.0236 e. The van der Waals surface area contributed by atoms with Crippen molar-refractivity contribution in [3.05, 3.63) is 99.2 Å². The van der Waals surface area contributed by atoms with Crippen LogP contribution >= 0.6 is 0 Å². The lowest BCUT2D eigenvalue weighted by Gasteiger charge is -2.19. The van der Waals surface area contributed by atoms with E-state index >= 15 is 0 Å². The van der Waals surface area contributed by atoms with E-state index in [-0.39, 0.29) is 0 Å². The van der Waals surface area contributed by atoms with Crippen LogP contribution in [-0.2, 0) is 0 Å².